The van der Waals surface area contributed by atoms with Crippen molar-refractivity contribution in [1.82, 2.24) is 24.5 Å². The van der Waals surface area contributed by atoms with Crippen LogP contribution in [0.4, 0.5) is 8.78 Å². The van der Waals surface area contributed by atoms with E-state index in [2.05, 4.69) is 27.5 Å². The highest BCUT2D eigenvalue weighted by molar-refractivity contribution is 6.04. The first kappa shape index (κ1) is 29.9. The zero-order valence-electron chi connectivity index (χ0n) is 24.2. The molecule has 13 heteroatoms. The number of fused-ring (bicyclic) bond motifs is 1. The molecular weight excluding hydrogens is 574 g/mol. The summed E-state index contributed by atoms with van der Waals surface area (Å²) in [6.45, 7) is 1.01. The molecule has 0 bridgehead atoms. The molecule has 3 heterocycles. The van der Waals surface area contributed by atoms with Gasteiger partial charge in [0.15, 0.2) is 5.84 Å². The normalized spacial score (nSPS) is 20.4. The minimum Gasteiger partial charge on any atom is -0.369 e. The highest BCUT2D eigenvalue weighted by atomic mass is 19.3. The standard InChI is InChI=1S/C31H34F2N6O5/c1-2-5-26-25(16-19-8-10-20(11-9-19)23-6-3-4-7-24(23)27-36-30(41)44-37-27)28(40)38(29-34-18-35-39(26)29)21-12-14-22(15-13-21)43-17-31(32,33)42/h3-4,6-11,18,21-22,30,41-42H,2,5,12-17H2,1H3,(H,36,37)/t21-,22-,30?. The molecule has 0 amide bonds. The monoisotopic (exact) mass is 608 g/mol. The molecule has 3 N–H and O–H groups in total. The molecule has 1 saturated carbocycles. The molecule has 1 aliphatic carbocycles. The summed E-state index contributed by atoms with van der Waals surface area (Å²) in [6, 6.07) is 15.4. The van der Waals surface area contributed by atoms with E-state index in [-0.39, 0.29) is 11.6 Å². The lowest BCUT2D eigenvalue weighted by molar-refractivity contribution is -0.240. The first-order chi connectivity index (χ1) is 21.2. The van der Waals surface area contributed by atoms with Crippen molar-refractivity contribution in [2.24, 2.45) is 5.16 Å². The molecule has 0 saturated heterocycles. The predicted octanol–water partition coefficient (Wildman–Crippen LogP) is 3.74. The van der Waals surface area contributed by atoms with Crippen LogP contribution in [0, 0.1) is 0 Å². The van der Waals surface area contributed by atoms with Gasteiger partial charge in [-0.3, -0.25) is 9.36 Å². The number of ether oxygens (including phenoxy) is 1. The Balaban J connectivity index is 1.29. The van der Waals surface area contributed by atoms with Gasteiger partial charge < -0.3 is 25.1 Å². The third kappa shape index (κ3) is 6.21. The lowest BCUT2D eigenvalue weighted by atomic mass is 9.92. The molecule has 0 radical (unpaired) electrons. The number of halogens is 2. The predicted molar refractivity (Wildman–Crippen MR) is 157 cm³/mol. The topological polar surface area (TPSA) is 136 Å². The summed E-state index contributed by atoms with van der Waals surface area (Å²) in [5.74, 6) is 0.910. The molecule has 232 valence electrons. The van der Waals surface area contributed by atoms with E-state index >= 15 is 0 Å². The summed E-state index contributed by atoms with van der Waals surface area (Å²) in [7, 11) is 0. The molecule has 1 fully saturated rings. The number of hydrogen-bond donors (Lipinski definition) is 3. The average Bonchev–Trinajstić information content (AvgIpc) is 3.68. The number of aryl methyl sites for hydroxylation is 1. The highest BCUT2D eigenvalue weighted by Gasteiger charge is 2.31. The second-order valence-electron chi connectivity index (χ2n) is 11.2. The number of aliphatic hydroxyl groups excluding tert-OH is 1. The van der Waals surface area contributed by atoms with E-state index in [0.717, 1.165) is 34.4 Å². The maximum atomic E-state index is 14.2. The minimum atomic E-state index is -3.87. The lowest BCUT2D eigenvalue weighted by Crippen LogP contribution is -2.36. The number of nitrogens with zero attached hydrogens (tertiary/aromatic N) is 5. The van der Waals surface area contributed by atoms with Gasteiger partial charge in [-0.05, 0) is 48.8 Å². The summed E-state index contributed by atoms with van der Waals surface area (Å²) in [4.78, 5) is 23.5. The van der Waals surface area contributed by atoms with Gasteiger partial charge in [0.05, 0.1) is 11.8 Å². The van der Waals surface area contributed by atoms with E-state index in [0.29, 0.717) is 55.7 Å². The van der Waals surface area contributed by atoms with E-state index in [9.17, 15) is 18.7 Å². The molecule has 2 aromatic heterocycles. The lowest BCUT2D eigenvalue weighted by Gasteiger charge is -2.31. The highest BCUT2D eigenvalue weighted by Crippen LogP contribution is 2.32. The van der Waals surface area contributed by atoms with Crippen molar-refractivity contribution < 1.29 is 28.6 Å². The van der Waals surface area contributed by atoms with Crippen molar-refractivity contribution >= 4 is 11.6 Å². The van der Waals surface area contributed by atoms with Crippen molar-refractivity contribution in [3.63, 3.8) is 0 Å². The second kappa shape index (κ2) is 12.4. The molecule has 1 aliphatic heterocycles. The van der Waals surface area contributed by atoms with Gasteiger partial charge in [0.1, 0.15) is 12.9 Å². The van der Waals surface area contributed by atoms with Crippen LogP contribution in [0.2, 0.25) is 0 Å². The van der Waals surface area contributed by atoms with Gasteiger partial charge in [-0.25, -0.2) is 4.52 Å². The Morgan fingerprint density at radius 2 is 1.82 bits per heavy atom. The minimum absolute atomic E-state index is 0.126. The SMILES string of the molecule is CCCc1c(Cc2ccc(-c3ccccc3C3=NOC(O)N3)cc2)c(=O)n([C@H]2CC[C@H](OCC(O)(F)F)CC2)c2ncnn12. The summed E-state index contributed by atoms with van der Waals surface area (Å²) in [5.41, 5.74) is 4.91. The molecule has 0 spiro atoms. The molecule has 44 heavy (non-hydrogen) atoms. The Morgan fingerprint density at radius 3 is 2.48 bits per heavy atom. The Bertz CT molecular complexity index is 1710. The fourth-order valence-electron chi connectivity index (χ4n) is 6.11. The third-order valence-electron chi connectivity index (χ3n) is 8.15. The van der Waals surface area contributed by atoms with Crippen molar-refractivity contribution in [3.8, 4) is 11.1 Å². The summed E-state index contributed by atoms with van der Waals surface area (Å²) >= 11 is 0. The van der Waals surface area contributed by atoms with Crippen molar-refractivity contribution in [3.05, 3.63) is 87.6 Å². The van der Waals surface area contributed by atoms with Gasteiger partial charge >= 0.3 is 12.5 Å². The Hall–Kier alpha value is -4.20. The van der Waals surface area contributed by atoms with Gasteiger partial charge in [-0.2, -0.15) is 18.9 Å². The van der Waals surface area contributed by atoms with Crippen molar-refractivity contribution in [2.75, 3.05) is 6.61 Å². The number of benzene rings is 2. The van der Waals surface area contributed by atoms with Crippen LogP contribution < -0.4 is 10.9 Å². The maximum Gasteiger partial charge on any atom is 0.376 e. The van der Waals surface area contributed by atoms with Crippen molar-refractivity contribution in [1.29, 1.82) is 0 Å². The van der Waals surface area contributed by atoms with E-state index in [1.54, 1.807) is 9.08 Å². The number of hydrogen-bond acceptors (Lipinski definition) is 9. The maximum absolute atomic E-state index is 14.2. The van der Waals surface area contributed by atoms with Gasteiger partial charge in [0, 0.05) is 23.6 Å². The first-order valence-corrected chi connectivity index (χ1v) is 14.8. The van der Waals surface area contributed by atoms with Gasteiger partial charge in [-0.15, -0.1) is 0 Å². The van der Waals surface area contributed by atoms with Gasteiger partial charge in [0.2, 0.25) is 5.78 Å². The number of alkyl halides is 2. The number of oxime groups is 1. The Morgan fingerprint density at radius 1 is 1.09 bits per heavy atom. The van der Waals surface area contributed by atoms with Crippen LogP contribution in [0.5, 0.6) is 0 Å². The summed E-state index contributed by atoms with van der Waals surface area (Å²) < 4.78 is 34.5. The van der Waals surface area contributed by atoms with Crippen LogP contribution in [-0.4, -0.2) is 60.4 Å². The molecular formula is C31H34F2N6O5. The summed E-state index contributed by atoms with van der Waals surface area (Å²) in [5, 5.41) is 29.6. The molecule has 2 aromatic carbocycles. The molecule has 11 nitrogen and oxygen atoms in total. The van der Waals surface area contributed by atoms with Gasteiger partial charge in [-0.1, -0.05) is 67.0 Å². The number of amidine groups is 1. The number of nitrogens with one attached hydrogen (secondary N) is 1. The van der Waals surface area contributed by atoms with E-state index in [1.165, 1.54) is 6.33 Å². The molecule has 1 unspecified atom stereocenters. The quantitative estimate of drug-likeness (QED) is 0.248. The molecule has 2 aliphatic rings. The van der Waals surface area contributed by atoms with Crippen LogP contribution >= 0.6 is 0 Å². The average molecular weight is 609 g/mol. The van der Waals surface area contributed by atoms with Crippen LogP contribution in [-0.2, 0) is 22.4 Å². The van der Waals surface area contributed by atoms with Crippen LogP contribution in [0.3, 0.4) is 0 Å². The van der Waals surface area contributed by atoms with Crippen LogP contribution in [0.1, 0.15) is 67.5 Å². The van der Waals surface area contributed by atoms with Crippen LogP contribution in [0.25, 0.3) is 16.9 Å². The number of aromatic nitrogens is 4. The molecule has 1 atom stereocenters. The Labute approximate surface area is 251 Å². The fraction of sp³-hybridized carbons (Fsp3) is 0.419. The first-order valence-electron chi connectivity index (χ1n) is 14.8. The Kier molecular flexibility index (Phi) is 8.43. The third-order valence-corrected chi connectivity index (χ3v) is 8.15. The zero-order valence-corrected chi connectivity index (χ0v) is 24.2. The molecule has 6 rings (SSSR count). The number of rotatable bonds is 10. The smallest absolute Gasteiger partial charge is 0.369 e. The largest absolute Gasteiger partial charge is 0.376 e. The van der Waals surface area contributed by atoms with Crippen LogP contribution in [0.15, 0.2) is 64.8 Å². The van der Waals surface area contributed by atoms with Crippen molar-refractivity contribution in [2.45, 2.75) is 76.5 Å². The van der Waals surface area contributed by atoms with E-state index in [4.69, 9.17) is 14.7 Å². The number of aliphatic hydroxyl groups is 2. The zero-order chi connectivity index (χ0) is 30.8. The second-order valence-corrected chi connectivity index (χ2v) is 11.2. The van der Waals surface area contributed by atoms with Gasteiger partial charge in [0.25, 0.3) is 5.56 Å². The fourth-order valence-corrected chi connectivity index (χ4v) is 6.11. The molecule has 4 aromatic rings. The van der Waals surface area contributed by atoms with E-state index in [1.807, 2.05) is 48.5 Å². The van der Waals surface area contributed by atoms with E-state index < -0.39 is 25.2 Å². The summed E-state index contributed by atoms with van der Waals surface area (Å²) in [6.07, 6.45) is -0.0999.